The molecule has 0 fully saturated rings. The fourth-order valence-electron chi connectivity index (χ4n) is 1.81. The highest BCUT2D eigenvalue weighted by Crippen LogP contribution is 2.33. The highest BCUT2D eigenvalue weighted by atomic mass is 127. The maximum absolute atomic E-state index is 6.54. The van der Waals surface area contributed by atoms with Gasteiger partial charge in [-0.3, -0.25) is 0 Å². The van der Waals surface area contributed by atoms with Gasteiger partial charge in [0.25, 0.3) is 0 Å². The van der Waals surface area contributed by atoms with Crippen LogP contribution in [-0.4, -0.2) is 0 Å². The van der Waals surface area contributed by atoms with E-state index in [0.717, 1.165) is 26.1 Å². The van der Waals surface area contributed by atoms with Crippen LogP contribution in [0.3, 0.4) is 0 Å². The van der Waals surface area contributed by atoms with E-state index < -0.39 is 0 Å². The van der Waals surface area contributed by atoms with E-state index in [2.05, 4.69) is 53.8 Å². The van der Waals surface area contributed by atoms with Gasteiger partial charge in [0.1, 0.15) is 0 Å². The monoisotopic (exact) mass is 390 g/mol. The van der Waals surface area contributed by atoms with E-state index in [9.17, 15) is 0 Å². The SMILES string of the molecule is CCc1ccc(C(Cl)c2cc(Cl)ccc2I)cc1. The number of aryl methyl sites for hydroxylation is 1. The van der Waals surface area contributed by atoms with Crippen molar-refractivity contribution in [1.82, 2.24) is 0 Å². The van der Waals surface area contributed by atoms with Crippen LogP contribution in [0.2, 0.25) is 5.02 Å². The molecule has 0 saturated heterocycles. The van der Waals surface area contributed by atoms with Crippen LogP contribution in [0.15, 0.2) is 42.5 Å². The van der Waals surface area contributed by atoms with Gasteiger partial charge in [-0.1, -0.05) is 42.8 Å². The number of benzene rings is 2. The highest BCUT2D eigenvalue weighted by molar-refractivity contribution is 14.1. The Kier molecular flexibility index (Phi) is 4.93. The molecule has 0 radical (unpaired) electrons. The largest absolute Gasteiger partial charge is 0.113 e. The number of halogens is 3. The zero-order valence-electron chi connectivity index (χ0n) is 9.96. The first kappa shape index (κ1) is 14.2. The van der Waals surface area contributed by atoms with Crippen LogP contribution < -0.4 is 0 Å². The molecule has 0 heterocycles. The third-order valence-electron chi connectivity index (χ3n) is 2.91. The summed E-state index contributed by atoms with van der Waals surface area (Å²) in [5.74, 6) is 0. The third-order valence-corrected chi connectivity index (χ3v) is 4.62. The number of rotatable bonds is 3. The standard InChI is InChI=1S/C15H13Cl2I/c1-2-10-3-5-11(6-4-10)15(17)13-9-12(16)7-8-14(13)18/h3-9,15H,2H2,1H3. The Hall–Kier alpha value is -0.250. The summed E-state index contributed by atoms with van der Waals surface area (Å²) in [5.41, 5.74) is 3.49. The predicted octanol–water partition coefficient (Wildman–Crippen LogP) is 5.84. The van der Waals surface area contributed by atoms with Crippen molar-refractivity contribution in [2.75, 3.05) is 0 Å². The van der Waals surface area contributed by atoms with E-state index in [1.54, 1.807) is 0 Å². The average Bonchev–Trinajstić information content (AvgIpc) is 2.41. The molecule has 1 unspecified atom stereocenters. The molecule has 1 atom stereocenters. The molecule has 0 aliphatic heterocycles. The maximum atomic E-state index is 6.54. The molecule has 0 nitrogen and oxygen atoms in total. The minimum Gasteiger partial charge on any atom is -0.113 e. The average molecular weight is 391 g/mol. The summed E-state index contributed by atoms with van der Waals surface area (Å²) in [4.78, 5) is 0. The van der Waals surface area contributed by atoms with Gasteiger partial charge in [0.05, 0.1) is 5.38 Å². The molecule has 0 N–H and O–H groups in total. The highest BCUT2D eigenvalue weighted by Gasteiger charge is 2.14. The lowest BCUT2D eigenvalue weighted by molar-refractivity contribution is 1.10. The minimum absolute atomic E-state index is 0.151. The van der Waals surface area contributed by atoms with E-state index in [1.165, 1.54) is 5.56 Å². The molecule has 0 amide bonds. The first-order chi connectivity index (χ1) is 8.61. The Bertz CT molecular complexity index is 535. The fraction of sp³-hybridized carbons (Fsp3) is 0.200. The van der Waals surface area contributed by atoms with Gasteiger partial charge in [0, 0.05) is 8.59 Å². The zero-order valence-corrected chi connectivity index (χ0v) is 13.6. The molecule has 2 aromatic carbocycles. The smallest absolute Gasteiger partial charge is 0.0846 e. The van der Waals surface area contributed by atoms with E-state index in [1.807, 2.05) is 18.2 Å². The van der Waals surface area contributed by atoms with Crippen molar-refractivity contribution in [3.63, 3.8) is 0 Å². The second-order valence-electron chi connectivity index (χ2n) is 4.12. The lowest BCUT2D eigenvalue weighted by atomic mass is 10.0. The lowest BCUT2D eigenvalue weighted by Crippen LogP contribution is -1.96. The minimum atomic E-state index is -0.151. The molecule has 3 heteroatoms. The van der Waals surface area contributed by atoms with Gasteiger partial charge in [-0.2, -0.15) is 0 Å². The van der Waals surface area contributed by atoms with Crippen molar-refractivity contribution < 1.29 is 0 Å². The van der Waals surface area contributed by atoms with E-state index in [4.69, 9.17) is 23.2 Å². The first-order valence-electron chi connectivity index (χ1n) is 5.79. The van der Waals surface area contributed by atoms with Crippen LogP contribution in [0, 0.1) is 3.57 Å². The number of alkyl halides is 1. The molecular weight excluding hydrogens is 378 g/mol. The topological polar surface area (TPSA) is 0 Å². The first-order valence-corrected chi connectivity index (χ1v) is 7.69. The van der Waals surface area contributed by atoms with Crippen molar-refractivity contribution >= 4 is 45.8 Å². The van der Waals surface area contributed by atoms with Crippen molar-refractivity contribution in [1.29, 1.82) is 0 Å². The Labute approximate surface area is 131 Å². The van der Waals surface area contributed by atoms with Gasteiger partial charge in [0.15, 0.2) is 0 Å². The van der Waals surface area contributed by atoms with Gasteiger partial charge in [-0.25, -0.2) is 0 Å². The summed E-state index contributed by atoms with van der Waals surface area (Å²) in [6.07, 6.45) is 1.04. The quantitative estimate of drug-likeness (QED) is 0.456. The van der Waals surface area contributed by atoms with Crippen molar-refractivity contribution in [3.05, 3.63) is 67.7 Å². The van der Waals surface area contributed by atoms with Crippen LogP contribution in [0.1, 0.15) is 29.0 Å². The Balaban J connectivity index is 2.34. The molecule has 0 aromatic heterocycles. The molecule has 18 heavy (non-hydrogen) atoms. The predicted molar refractivity (Wildman–Crippen MR) is 87.7 cm³/mol. The molecule has 2 rings (SSSR count). The van der Waals surface area contributed by atoms with Crippen molar-refractivity contribution in [3.8, 4) is 0 Å². The molecule has 0 saturated carbocycles. The molecule has 0 bridgehead atoms. The lowest BCUT2D eigenvalue weighted by Gasteiger charge is -2.13. The number of hydrogen-bond acceptors (Lipinski definition) is 0. The fourth-order valence-corrected chi connectivity index (χ4v) is 3.15. The Morgan fingerprint density at radius 2 is 1.78 bits per heavy atom. The summed E-state index contributed by atoms with van der Waals surface area (Å²) in [6.45, 7) is 2.15. The van der Waals surface area contributed by atoms with E-state index in [0.29, 0.717) is 0 Å². The maximum Gasteiger partial charge on any atom is 0.0846 e. The van der Waals surface area contributed by atoms with Gasteiger partial charge in [-0.15, -0.1) is 11.6 Å². The van der Waals surface area contributed by atoms with Gasteiger partial charge < -0.3 is 0 Å². The summed E-state index contributed by atoms with van der Waals surface area (Å²) < 4.78 is 1.14. The van der Waals surface area contributed by atoms with Crippen molar-refractivity contribution in [2.45, 2.75) is 18.7 Å². The summed E-state index contributed by atoms with van der Waals surface area (Å²) in [7, 11) is 0. The second-order valence-corrected chi connectivity index (χ2v) is 6.16. The molecule has 0 aliphatic carbocycles. The molecule has 0 spiro atoms. The van der Waals surface area contributed by atoms with E-state index in [-0.39, 0.29) is 5.38 Å². The second kappa shape index (κ2) is 6.27. The molecular formula is C15H13Cl2I. The van der Waals surface area contributed by atoms with Crippen molar-refractivity contribution in [2.24, 2.45) is 0 Å². The van der Waals surface area contributed by atoms with E-state index >= 15 is 0 Å². The normalized spacial score (nSPS) is 12.4. The molecule has 2 aromatic rings. The van der Waals surface area contributed by atoms with Crippen LogP contribution in [0.25, 0.3) is 0 Å². The van der Waals surface area contributed by atoms with Crippen LogP contribution in [-0.2, 0) is 6.42 Å². The molecule has 94 valence electrons. The summed E-state index contributed by atoms with van der Waals surface area (Å²) in [5, 5.41) is 0.572. The Morgan fingerprint density at radius 3 is 2.39 bits per heavy atom. The van der Waals surface area contributed by atoms with Crippen LogP contribution in [0.4, 0.5) is 0 Å². The third kappa shape index (κ3) is 3.19. The summed E-state index contributed by atoms with van der Waals surface area (Å²) >= 11 is 14.9. The van der Waals surface area contributed by atoms with Crippen LogP contribution in [0.5, 0.6) is 0 Å². The zero-order chi connectivity index (χ0) is 13.1. The van der Waals surface area contributed by atoms with Gasteiger partial charge >= 0.3 is 0 Å². The van der Waals surface area contributed by atoms with Gasteiger partial charge in [-0.05, 0) is 63.9 Å². The Morgan fingerprint density at radius 1 is 1.11 bits per heavy atom. The molecule has 0 aliphatic rings. The summed E-state index contributed by atoms with van der Waals surface area (Å²) in [6, 6.07) is 14.3. The van der Waals surface area contributed by atoms with Crippen LogP contribution >= 0.6 is 45.8 Å². The number of hydrogen-bond donors (Lipinski definition) is 0. The van der Waals surface area contributed by atoms with Gasteiger partial charge in [0.2, 0.25) is 0 Å².